The summed E-state index contributed by atoms with van der Waals surface area (Å²) in [5.74, 6) is 0.302. The molecular formula is C25H34N10. The van der Waals surface area contributed by atoms with Crippen LogP contribution in [-0.4, -0.2) is 105 Å². The zero-order valence-electron chi connectivity index (χ0n) is 20.8. The van der Waals surface area contributed by atoms with Crippen LogP contribution in [0.5, 0.6) is 0 Å². The first kappa shape index (κ1) is 23.4. The Morgan fingerprint density at radius 2 is 1.86 bits per heavy atom. The molecule has 4 aromatic heterocycles. The number of nitrogen functional groups attached to an aromatic ring is 1. The Hall–Kier alpha value is -3.34. The van der Waals surface area contributed by atoms with Gasteiger partial charge in [0.15, 0.2) is 0 Å². The summed E-state index contributed by atoms with van der Waals surface area (Å²) in [6, 6.07) is 4.20. The predicted molar refractivity (Wildman–Crippen MR) is 139 cm³/mol. The first-order valence-corrected chi connectivity index (χ1v) is 12.1. The van der Waals surface area contributed by atoms with E-state index >= 15 is 0 Å². The molecule has 0 aliphatic carbocycles. The molecule has 35 heavy (non-hydrogen) atoms. The summed E-state index contributed by atoms with van der Waals surface area (Å²) in [4.78, 5) is 24.0. The lowest BCUT2D eigenvalue weighted by Gasteiger charge is -2.32. The lowest BCUT2D eigenvalue weighted by atomic mass is 10.1. The van der Waals surface area contributed by atoms with Crippen molar-refractivity contribution in [1.82, 2.24) is 44.4 Å². The van der Waals surface area contributed by atoms with Crippen molar-refractivity contribution in [3.05, 3.63) is 42.6 Å². The number of nitrogens with one attached hydrogen (secondary N) is 1. The van der Waals surface area contributed by atoms with Gasteiger partial charge in [0.05, 0.1) is 18.4 Å². The number of hydrogen-bond donors (Lipinski definition) is 2. The molecular weight excluding hydrogens is 440 g/mol. The largest absolute Gasteiger partial charge is 0.368 e. The molecule has 5 heterocycles. The predicted octanol–water partition coefficient (Wildman–Crippen LogP) is 1.82. The van der Waals surface area contributed by atoms with Crippen LogP contribution in [0.4, 0.5) is 5.95 Å². The third-order valence-electron chi connectivity index (χ3n) is 6.63. The lowest BCUT2D eigenvalue weighted by molar-refractivity contribution is 0.155. The first-order valence-electron chi connectivity index (χ1n) is 12.1. The van der Waals surface area contributed by atoms with Crippen molar-refractivity contribution in [2.45, 2.75) is 13.0 Å². The number of aromatic nitrogens is 6. The van der Waals surface area contributed by atoms with Crippen LogP contribution in [0, 0.1) is 0 Å². The lowest BCUT2D eigenvalue weighted by Crippen LogP contribution is -2.45. The van der Waals surface area contributed by atoms with Crippen LogP contribution in [0.3, 0.4) is 0 Å². The van der Waals surface area contributed by atoms with Crippen molar-refractivity contribution >= 4 is 17.0 Å². The second-order valence-corrected chi connectivity index (χ2v) is 9.62. The number of nitrogens with two attached hydrogens (primary N) is 1. The Morgan fingerprint density at radius 3 is 2.66 bits per heavy atom. The number of piperazine rings is 1. The summed E-state index contributed by atoms with van der Waals surface area (Å²) in [5.41, 5.74) is 11.8. The fourth-order valence-corrected chi connectivity index (χ4v) is 4.44. The Labute approximate surface area is 205 Å². The molecule has 4 aromatic rings. The van der Waals surface area contributed by atoms with Crippen LogP contribution in [0.15, 0.2) is 36.9 Å². The van der Waals surface area contributed by atoms with E-state index in [0.29, 0.717) is 5.95 Å². The molecule has 1 aliphatic rings. The fourth-order valence-electron chi connectivity index (χ4n) is 4.44. The van der Waals surface area contributed by atoms with Gasteiger partial charge in [-0.2, -0.15) is 5.10 Å². The van der Waals surface area contributed by atoms with E-state index in [1.54, 1.807) is 0 Å². The van der Waals surface area contributed by atoms with Crippen LogP contribution in [0.2, 0.25) is 0 Å². The summed E-state index contributed by atoms with van der Waals surface area (Å²) < 4.78 is 1.97. The molecule has 0 atom stereocenters. The molecule has 5 rings (SSSR count). The third kappa shape index (κ3) is 5.50. The highest BCUT2D eigenvalue weighted by atomic mass is 15.3. The van der Waals surface area contributed by atoms with E-state index in [9.17, 15) is 0 Å². The number of anilines is 1. The molecule has 10 nitrogen and oxygen atoms in total. The first-order chi connectivity index (χ1) is 16.9. The molecule has 0 amide bonds. The van der Waals surface area contributed by atoms with Gasteiger partial charge in [0.1, 0.15) is 5.65 Å². The molecule has 1 saturated heterocycles. The van der Waals surface area contributed by atoms with Gasteiger partial charge < -0.3 is 25.4 Å². The molecule has 1 fully saturated rings. The maximum absolute atomic E-state index is 6.13. The Kier molecular flexibility index (Phi) is 6.76. The highest BCUT2D eigenvalue weighted by molar-refractivity contribution is 5.95. The molecule has 3 N–H and O–H groups in total. The van der Waals surface area contributed by atoms with Gasteiger partial charge in [0, 0.05) is 92.1 Å². The maximum Gasteiger partial charge on any atom is 0.220 e. The van der Waals surface area contributed by atoms with Gasteiger partial charge in [-0.05, 0) is 33.3 Å². The van der Waals surface area contributed by atoms with Crippen molar-refractivity contribution in [2.75, 3.05) is 66.1 Å². The number of H-pyrrole nitrogens is 1. The van der Waals surface area contributed by atoms with Crippen LogP contribution in [-0.2, 0) is 13.0 Å². The van der Waals surface area contributed by atoms with E-state index in [1.807, 2.05) is 23.3 Å². The zero-order valence-corrected chi connectivity index (χ0v) is 20.8. The summed E-state index contributed by atoms with van der Waals surface area (Å²) in [6.45, 7) is 7.15. The second kappa shape index (κ2) is 10.1. The van der Waals surface area contributed by atoms with E-state index in [2.05, 4.69) is 79.2 Å². The maximum atomic E-state index is 6.13. The molecule has 0 saturated carbocycles. The molecule has 184 valence electrons. The summed E-state index contributed by atoms with van der Waals surface area (Å²) in [7, 11) is 6.30. The SMILES string of the molecule is CN(C)CCn1cc(-c2cnc3[nH]cc(-c4cc(CCN5CCN(C)CC5)nc(N)n4)c3c2)cn1. The van der Waals surface area contributed by atoms with Crippen molar-refractivity contribution < 1.29 is 0 Å². The molecule has 10 heteroatoms. The average Bonchev–Trinajstić information content (AvgIpc) is 3.49. The van der Waals surface area contributed by atoms with Crippen LogP contribution < -0.4 is 5.73 Å². The van der Waals surface area contributed by atoms with Crippen LogP contribution in [0.25, 0.3) is 33.4 Å². The Bertz CT molecular complexity index is 1280. The summed E-state index contributed by atoms with van der Waals surface area (Å²) >= 11 is 0. The second-order valence-electron chi connectivity index (χ2n) is 9.62. The van der Waals surface area contributed by atoms with Gasteiger partial charge in [0.2, 0.25) is 5.95 Å². The fraction of sp³-hybridized carbons (Fsp3) is 0.440. The van der Waals surface area contributed by atoms with Crippen molar-refractivity contribution in [2.24, 2.45) is 0 Å². The van der Waals surface area contributed by atoms with E-state index in [4.69, 9.17) is 5.73 Å². The van der Waals surface area contributed by atoms with Gasteiger partial charge in [0.25, 0.3) is 0 Å². The minimum absolute atomic E-state index is 0.302. The number of aromatic amines is 1. The molecule has 0 aromatic carbocycles. The minimum atomic E-state index is 0.302. The van der Waals surface area contributed by atoms with Gasteiger partial charge in [-0.25, -0.2) is 15.0 Å². The number of likely N-dealkylation sites (N-methyl/N-ethyl adjacent to an activating group) is 2. The molecule has 0 unspecified atom stereocenters. The third-order valence-corrected chi connectivity index (χ3v) is 6.63. The standard InChI is InChI=1S/C25H34N10/c1-32(2)6-11-35-17-19(15-29-35)18-12-21-22(16-28-24(21)27-14-18)23-13-20(30-25(26)31-23)4-5-34-9-7-33(3)8-10-34/h12-17H,4-11H2,1-3H3,(H,27,28)(H2,26,30,31). The Morgan fingerprint density at radius 1 is 1.03 bits per heavy atom. The highest BCUT2D eigenvalue weighted by Gasteiger charge is 2.16. The number of fused-ring (bicyclic) bond motifs is 1. The van der Waals surface area contributed by atoms with Gasteiger partial charge >= 0.3 is 0 Å². The van der Waals surface area contributed by atoms with E-state index < -0.39 is 0 Å². The van der Waals surface area contributed by atoms with Crippen molar-refractivity contribution in [3.63, 3.8) is 0 Å². The smallest absolute Gasteiger partial charge is 0.220 e. The summed E-state index contributed by atoms with van der Waals surface area (Å²) in [6.07, 6.45) is 8.64. The normalized spacial score (nSPS) is 15.4. The molecule has 0 bridgehead atoms. The monoisotopic (exact) mass is 474 g/mol. The van der Waals surface area contributed by atoms with Gasteiger partial charge in [-0.15, -0.1) is 0 Å². The minimum Gasteiger partial charge on any atom is -0.368 e. The number of pyridine rings is 1. The topological polar surface area (TPSA) is 108 Å². The number of hydrogen-bond acceptors (Lipinski definition) is 8. The zero-order chi connectivity index (χ0) is 24.4. The molecule has 0 radical (unpaired) electrons. The average molecular weight is 475 g/mol. The van der Waals surface area contributed by atoms with Crippen molar-refractivity contribution in [3.8, 4) is 22.4 Å². The molecule has 1 aliphatic heterocycles. The number of rotatable bonds is 8. The summed E-state index contributed by atoms with van der Waals surface area (Å²) in [5, 5.41) is 5.52. The quantitative estimate of drug-likeness (QED) is 0.398. The van der Waals surface area contributed by atoms with Crippen LogP contribution >= 0.6 is 0 Å². The van der Waals surface area contributed by atoms with Gasteiger partial charge in [-0.3, -0.25) is 4.68 Å². The van der Waals surface area contributed by atoms with E-state index in [0.717, 1.165) is 91.3 Å². The van der Waals surface area contributed by atoms with Crippen LogP contribution in [0.1, 0.15) is 5.69 Å². The Balaban J connectivity index is 1.38. The number of nitrogens with zero attached hydrogens (tertiary/aromatic N) is 8. The van der Waals surface area contributed by atoms with Gasteiger partial charge in [-0.1, -0.05) is 0 Å². The highest BCUT2D eigenvalue weighted by Crippen LogP contribution is 2.30. The molecule has 0 spiro atoms. The van der Waals surface area contributed by atoms with E-state index in [-0.39, 0.29) is 0 Å². The van der Waals surface area contributed by atoms with Crippen molar-refractivity contribution in [1.29, 1.82) is 0 Å². The van der Waals surface area contributed by atoms with E-state index in [1.165, 1.54) is 0 Å².